The molecule has 0 aromatic rings. The van der Waals surface area contributed by atoms with Crippen molar-refractivity contribution in [2.45, 2.75) is 82.1 Å². The van der Waals surface area contributed by atoms with Gasteiger partial charge in [-0.25, -0.2) is 9.59 Å². The van der Waals surface area contributed by atoms with Crippen LogP contribution in [0.1, 0.15) is 40.5 Å². The lowest BCUT2D eigenvalue weighted by molar-refractivity contribution is -0.320. The molecule has 1 saturated heterocycles. The topological polar surface area (TPSA) is 167 Å². The zero-order chi connectivity index (χ0) is 27.5. The third kappa shape index (κ3) is 4.70. The van der Waals surface area contributed by atoms with E-state index in [-0.39, 0.29) is 29.6 Å². The molecule has 0 radical (unpaired) electrons. The quantitative estimate of drug-likeness (QED) is 0.171. The summed E-state index contributed by atoms with van der Waals surface area (Å²) in [7, 11) is 1.11. The van der Waals surface area contributed by atoms with Crippen LogP contribution >= 0.6 is 0 Å². The first kappa shape index (κ1) is 27.0. The lowest BCUT2D eigenvalue weighted by Gasteiger charge is -2.40. The Kier molecular flexibility index (Phi) is 6.60. The lowest BCUT2D eigenvalue weighted by Crippen LogP contribution is -2.55. The highest BCUT2D eigenvalue weighted by molar-refractivity contribution is 5.93. The van der Waals surface area contributed by atoms with Crippen LogP contribution in [0, 0.1) is 5.92 Å². The van der Waals surface area contributed by atoms with Gasteiger partial charge in [0, 0.05) is 31.8 Å². The summed E-state index contributed by atoms with van der Waals surface area (Å²) < 4.78 is 32.8. The Bertz CT molecular complexity index is 1120. The van der Waals surface area contributed by atoms with Gasteiger partial charge in [0.15, 0.2) is 6.10 Å². The standard InChI is InChI=1S/C25H30O12/c1-11-9-24(30)22-23(5,36-22)10-15-7-17(21(29)35-15)18(33-13(3)26)8-16(12(2)20(28)32-6)19(34-14(4)27)25(11,31)37-24/h7,9,15-16,18-19,22,30-31H,2,8,10H2,1,3-6H3/t15-,16+,18-,19+,22+,23-,24-,25+/m0/s1. The Hall–Kier alpha value is -3.06. The predicted octanol–water partition coefficient (Wildman–Crippen LogP) is 0.352. The number of methoxy groups -OCH3 is 1. The van der Waals surface area contributed by atoms with E-state index in [1.165, 1.54) is 19.1 Å². The maximum atomic E-state index is 12.8. The number of hydrogen-bond donors (Lipinski definition) is 2. The number of ether oxygens (including phenoxy) is 6. The minimum atomic E-state index is -2.46. The van der Waals surface area contributed by atoms with Gasteiger partial charge < -0.3 is 38.6 Å². The zero-order valence-corrected chi connectivity index (χ0v) is 21.1. The summed E-state index contributed by atoms with van der Waals surface area (Å²) in [4.78, 5) is 49.6. The number of esters is 4. The summed E-state index contributed by atoms with van der Waals surface area (Å²) in [6.07, 6.45) is -2.24. The van der Waals surface area contributed by atoms with E-state index in [2.05, 4.69) is 6.58 Å². The van der Waals surface area contributed by atoms with E-state index in [1.54, 1.807) is 6.92 Å². The Morgan fingerprint density at radius 1 is 1.16 bits per heavy atom. The van der Waals surface area contributed by atoms with Gasteiger partial charge in [0.2, 0.25) is 11.6 Å². The van der Waals surface area contributed by atoms with Gasteiger partial charge in [-0.1, -0.05) is 6.58 Å². The van der Waals surface area contributed by atoms with E-state index in [4.69, 9.17) is 28.4 Å². The molecule has 12 heteroatoms. The Labute approximate surface area is 212 Å². The van der Waals surface area contributed by atoms with Crippen molar-refractivity contribution in [3.63, 3.8) is 0 Å². The summed E-state index contributed by atoms with van der Waals surface area (Å²) in [5.74, 6) is -9.20. The van der Waals surface area contributed by atoms with Gasteiger partial charge in [-0.15, -0.1) is 0 Å². The van der Waals surface area contributed by atoms with Gasteiger partial charge in [0.25, 0.3) is 0 Å². The molecule has 0 aromatic heterocycles. The Morgan fingerprint density at radius 2 is 1.81 bits per heavy atom. The van der Waals surface area contributed by atoms with Crippen LogP contribution in [0.25, 0.3) is 0 Å². The van der Waals surface area contributed by atoms with Crippen LogP contribution in [0.5, 0.6) is 0 Å². The predicted molar refractivity (Wildman–Crippen MR) is 121 cm³/mol. The van der Waals surface area contributed by atoms with Crippen molar-refractivity contribution in [3.05, 3.63) is 35.5 Å². The van der Waals surface area contributed by atoms with Crippen LogP contribution in [-0.2, 0) is 47.6 Å². The molecular weight excluding hydrogens is 492 g/mol. The van der Waals surface area contributed by atoms with E-state index < -0.39 is 71.4 Å². The van der Waals surface area contributed by atoms with E-state index in [9.17, 15) is 29.4 Å². The monoisotopic (exact) mass is 522 g/mol. The molecule has 0 amide bonds. The molecule has 0 aromatic carbocycles. The van der Waals surface area contributed by atoms with Crippen LogP contribution in [0.15, 0.2) is 35.5 Å². The second-order valence-electron chi connectivity index (χ2n) is 9.95. The highest BCUT2D eigenvalue weighted by Gasteiger charge is 2.69. The first-order chi connectivity index (χ1) is 17.1. The van der Waals surface area contributed by atoms with Gasteiger partial charge in [0.1, 0.15) is 23.9 Å². The molecule has 4 heterocycles. The van der Waals surface area contributed by atoms with E-state index in [1.807, 2.05) is 0 Å². The highest BCUT2D eigenvalue weighted by atomic mass is 16.8. The maximum absolute atomic E-state index is 12.8. The van der Waals surface area contributed by atoms with Crippen molar-refractivity contribution in [1.29, 1.82) is 0 Å². The molecule has 0 aliphatic carbocycles. The molecule has 2 N–H and O–H groups in total. The molecule has 8 atom stereocenters. The smallest absolute Gasteiger partial charge is 0.338 e. The summed E-state index contributed by atoms with van der Waals surface area (Å²) in [5, 5.41) is 23.2. The minimum Gasteiger partial charge on any atom is -0.466 e. The van der Waals surface area contributed by atoms with Crippen molar-refractivity contribution in [1.82, 2.24) is 0 Å². The van der Waals surface area contributed by atoms with Crippen molar-refractivity contribution in [2.75, 3.05) is 7.11 Å². The number of rotatable bonds is 4. The highest BCUT2D eigenvalue weighted by Crippen LogP contribution is 2.54. The van der Waals surface area contributed by atoms with Crippen LogP contribution in [0.2, 0.25) is 0 Å². The Morgan fingerprint density at radius 3 is 2.41 bits per heavy atom. The summed E-state index contributed by atoms with van der Waals surface area (Å²) >= 11 is 0. The molecule has 4 rings (SSSR count). The number of fused-ring (bicyclic) bond motifs is 5. The van der Waals surface area contributed by atoms with Crippen LogP contribution in [0.4, 0.5) is 0 Å². The van der Waals surface area contributed by atoms with E-state index in [0.29, 0.717) is 0 Å². The van der Waals surface area contributed by atoms with Gasteiger partial charge in [0.05, 0.1) is 12.7 Å². The molecular formula is C25H30O12. The minimum absolute atomic E-state index is 0.00599. The van der Waals surface area contributed by atoms with Gasteiger partial charge in [-0.3, -0.25) is 9.59 Å². The molecule has 12 nitrogen and oxygen atoms in total. The molecule has 202 valence electrons. The molecule has 4 aliphatic heterocycles. The molecule has 4 bridgehead atoms. The Balaban J connectivity index is 1.90. The second kappa shape index (κ2) is 9.05. The van der Waals surface area contributed by atoms with Crippen LogP contribution in [0.3, 0.4) is 0 Å². The zero-order valence-electron chi connectivity index (χ0n) is 21.1. The number of aliphatic hydroxyl groups is 2. The third-order valence-electron chi connectivity index (χ3n) is 7.10. The fourth-order valence-corrected chi connectivity index (χ4v) is 5.36. The summed E-state index contributed by atoms with van der Waals surface area (Å²) in [5.41, 5.74) is -1.23. The van der Waals surface area contributed by atoms with E-state index in [0.717, 1.165) is 21.0 Å². The number of carbonyl (C=O) groups excluding carboxylic acids is 4. The number of hydrogen-bond acceptors (Lipinski definition) is 12. The lowest BCUT2D eigenvalue weighted by atomic mass is 9.81. The summed E-state index contributed by atoms with van der Waals surface area (Å²) in [6.45, 7) is 9.10. The SMILES string of the molecule is C=C(C(=O)OC)[C@H]1C[C@H](OC(C)=O)C2=C[C@@H](C[C@]3(C)O[C@H]3[C@]3(O)C=C(C)[C@@](O)(O3)[C@@H]1OC(C)=O)OC2=O. The normalized spacial score (nSPS) is 40.4. The largest absolute Gasteiger partial charge is 0.466 e. The number of carbonyl (C=O) groups is 4. The second-order valence-corrected chi connectivity index (χ2v) is 9.95. The van der Waals surface area contributed by atoms with Crippen LogP contribution in [-0.4, -0.2) is 82.8 Å². The van der Waals surface area contributed by atoms with Gasteiger partial charge in [-0.05, 0) is 38.0 Å². The number of epoxide rings is 1. The average molecular weight is 523 g/mol. The van der Waals surface area contributed by atoms with Crippen molar-refractivity contribution < 1.29 is 57.8 Å². The molecule has 1 fully saturated rings. The molecule has 0 spiro atoms. The van der Waals surface area contributed by atoms with Crippen molar-refractivity contribution in [2.24, 2.45) is 5.92 Å². The fraction of sp³-hybridized carbons (Fsp3) is 0.600. The molecule has 0 saturated carbocycles. The molecule has 37 heavy (non-hydrogen) atoms. The van der Waals surface area contributed by atoms with Gasteiger partial charge >= 0.3 is 23.9 Å². The molecule has 0 unspecified atom stereocenters. The summed E-state index contributed by atoms with van der Waals surface area (Å²) in [6, 6.07) is 0. The van der Waals surface area contributed by atoms with Crippen molar-refractivity contribution in [3.8, 4) is 0 Å². The van der Waals surface area contributed by atoms with E-state index >= 15 is 0 Å². The third-order valence-corrected chi connectivity index (χ3v) is 7.10. The van der Waals surface area contributed by atoms with Crippen molar-refractivity contribution >= 4 is 23.9 Å². The van der Waals surface area contributed by atoms with Crippen LogP contribution < -0.4 is 0 Å². The van der Waals surface area contributed by atoms with Gasteiger partial charge in [-0.2, -0.15) is 0 Å². The first-order valence-corrected chi connectivity index (χ1v) is 11.7. The fourth-order valence-electron chi connectivity index (χ4n) is 5.36. The average Bonchev–Trinajstić information content (AvgIpc) is 3.24. The molecule has 4 aliphatic rings. The maximum Gasteiger partial charge on any atom is 0.338 e. The first-order valence-electron chi connectivity index (χ1n) is 11.7.